The molecule has 0 unspecified atom stereocenters. The summed E-state index contributed by atoms with van der Waals surface area (Å²) in [7, 11) is 2.18. The second-order valence-corrected chi connectivity index (χ2v) is 6.92. The summed E-state index contributed by atoms with van der Waals surface area (Å²) in [6.07, 6.45) is 8.16. The Labute approximate surface area is 143 Å². The first-order valence-corrected chi connectivity index (χ1v) is 9.13. The van der Waals surface area contributed by atoms with Gasteiger partial charge in [-0.1, -0.05) is 19.8 Å². The van der Waals surface area contributed by atoms with Crippen LogP contribution in [0.4, 0.5) is 5.82 Å². The number of piperidine rings is 1. The lowest BCUT2D eigenvalue weighted by molar-refractivity contribution is -0.116. The number of likely N-dealkylation sites (tertiary alicyclic amines) is 1. The lowest BCUT2D eigenvalue weighted by Gasteiger charge is -2.28. The number of hydrogen-bond donors (Lipinski definition) is 2. The van der Waals surface area contributed by atoms with Gasteiger partial charge in [0.25, 0.3) is 0 Å². The number of rotatable bonds is 6. The van der Waals surface area contributed by atoms with Gasteiger partial charge in [-0.2, -0.15) is 0 Å². The van der Waals surface area contributed by atoms with Crippen LogP contribution in [-0.2, 0) is 4.79 Å². The molecule has 2 aromatic heterocycles. The second-order valence-electron chi connectivity index (χ2n) is 6.92. The number of fused-ring (bicyclic) bond motifs is 1. The molecular weight excluding hydrogens is 300 g/mol. The molecule has 0 aromatic carbocycles. The normalized spacial score (nSPS) is 16.6. The van der Waals surface area contributed by atoms with E-state index in [1.165, 1.54) is 18.4 Å². The highest BCUT2D eigenvalue weighted by Gasteiger charge is 2.22. The van der Waals surface area contributed by atoms with Crippen LogP contribution in [0.25, 0.3) is 11.0 Å². The molecule has 1 saturated heterocycles. The van der Waals surface area contributed by atoms with E-state index in [1.807, 2.05) is 12.1 Å². The molecule has 1 aliphatic heterocycles. The molecule has 1 amide bonds. The van der Waals surface area contributed by atoms with Gasteiger partial charge in [0.05, 0.1) is 11.0 Å². The second kappa shape index (κ2) is 7.79. The van der Waals surface area contributed by atoms with Gasteiger partial charge in [-0.25, -0.2) is 4.98 Å². The minimum Gasteiger partial charge on any atom is -0.360 e. The van der Waals surface area contributed by atoms with Crippen LogP contribution in [0.2, 0.25) is 0 Å². The summed E-state index contributed by atoms with van der Waals surface area (Å²) in [5.74, 6) is 1.28. The highest BCUT2D eigenvalue weighted by atomic mass is 16.1. The SMILES string of the molecule is CCCCCC(=O)Nc1ccc2[nH]cc(C3CCN(C)CC3)c2n1. The molecule has 24 heavy (non-hydrogen) atoms. The average molecular weight is 328 g/mol. The summed E-state index contributed by atoms with van der Waals surface area (Å²) in [4.78, 5) is 22.4. The largest absolute Gasteiger partial charge is 0.360 e. The molecule has 2 N–H and O–H groups in total. The molecule has 5 heteroatoms. The van der Waals surface area contributed by atoms with E-state index in [4.69, 9.17) is 4.98 Å². The molecule has 130 valence electrons. The first kappa shape index (κ1) is 17.0. The molecular formula is C19H28N4O. The minimum absolute atomic E-state index is 0.0617. The molecule has 5 nitrogen and oxygen atoms in total. The van der Waals surface area contributed by atoms with Crippen LogP contribution in [0, 0.1) is 0 Å². The number of carbonyl (C=O) groups excluding carboxylic acids is 1. The Kier molecular flexibility index (Phi) is 5.51. The molecule has 0 atom stereocenters. The lowest BCUT2D eigenvalue weighted by Crippen LogP contribution is -2.29. The van der Waals surface area contributed by atoms with Gasteiger partial charge >= 0.3 is 0 Å². The quantitative estimate of drug-likeness (QED) is 0.791. The van der Waals surface area contributed by atoms with Gasteiger partial charge in [0, 0.05) is 12.6 Å². The van der Waals surface area contributed by atoms with E-state index < -0.39 is 0 Å². The van der Waals surface area contributed by atoms with Gasteiger partial charge in [-0.05, 0) is 63.0 Å². The highest BCUT2D eigenvalue weighted by Crippen LogP contribution is 2.32. The fourth-order valence-corrected chi connectivity index (χ4v) is 3.46. The number of aromatic nitrogens is 2. The monoisotopic (exact) mass is 328 g/mol. The molecule has 1 aliphatic rings. The van der Waals surface area contributed by atoms with Gasteiger partial charge in [-0.3, -0.25) is 4.79 Å². The van der Waals surface area contributed by atoms with Crippen molar-refractivity contribution in [1.29, 1.82) is 0 Å². The third-order valence-corrected chi connectivity index (χ3v) is 4.99. The zero-order valence-electron chi connectivity index (χ0n) is 14.8. The van der Waals surface area contributed by atoms with Crippen molar-refractivity contribution in [3.8, 4) is 0 Å². The Hall–Kier alpha value is -1.88. The van der Waals surface area contributed by atoms with Crippen molar-refractivity contribution in [3.05, 3.63) is 23.9 Å². The maximum absolute atomic E-state index is 12.0. The van der Waals surface area contributed by atoms with Crippen molar-refractivity contribution >= 4 is 22.8 Å². The summed E-state index contributed by atoms with van der Waals surface area (Å²) < 4.78 is 0. The van der Waals surface area contributed by atoms with Gasteiger partial charge < -0.3 is 15.2 Å². The van der Waals surface area contributed by atoms with E-state index in [-0.39, 0.29) is 5.91 Å². The highest BCUT2D eigenvalue weighted by molar-refractivity contribution is 5.91. The first-order valence-electron chi connectivity index (χ1n) is 9.13. The molecule has 0 aliphatic carbocycles. The fourth-order valence-electron chi connectivity index (χ4n) is 3.46. The Bertz CT molecular complexity index is 686. The number of carbonyl (C=O) groups is 1. The molecule has 3 heterocycles. The third-order valence-electron chi connectivity index (χ3n) is 4.99. The number of nitrogens with zero attached hydrogens (tertiary/aromatic N) is 2. The number of hydrogen-bond acceptors (Lipinski definition) is 3. The maximum Gasteiger partial charge on any atom is 0.225 e. The van der Waals surface area contributed by atoms with Crippen molar-refractivity contribution in [2.75, 3.05) is 25.5 Å². The smallest absolute Gasteiger partial charge is 0.225 e. The van der Waals surface area contributed by atoms with E-state index in [0.717, 1.165) is 43.4 Å². The van der Waals surface area contributed by atoms with Crippen LogP contribution < -0.4 is 5.32 Å². The number of pyridine rings is 1. The molecule has 0 saturated carbocycles. The zero-order chi connectivity index (χ0) is 16.9. The van der Waals surface area contributed by atoms with E-state index in [2.05, 4.69) is 35.4 Å². The number of H-pyrrole nitrogens is 1. The summed E-state index contributed by atoms with van der Waals surface area (Å²) in [6, 6.07) is 3.90. The summed E-state index contributed by atoms with van der Waals surface area (Å²) in [5.41, 5.74) is 3.35. The van der Waals surface area contributed by atoms with Crippen molar-refractivity contribution < 1.29 is 4.79 Å². The van der Waals surface area contributed by atoms with Crippen LogP contribution in [0.15, 0.2) is 18.3 Å². The molecule has 0 spiro atoms. The van der Waals surface area contributed by atoms with Gasteiger partial charge in [0.1, 0.15) is 5.82 Å². The lowest BCUT2D eigenvalue weighted by atomic mass is 9.91. The zero-order valence-corrected chi connectivity index (χ0v) is 14.8. The number of aromatic amines is 1. The molecule has 3 rings (SSSR count). The van der Waals surface area contributed by atoms with E-state index in [9.17, 15) is 4.79 Å². The van der Waals surface area contributed by atoms with Crippen LogP contribution in [0.1, 0.15) is 56.9 Å². The van der Waals surface area contributed by atoms with Gasteiger partial charge in [0.15, 0.2) is 0 Å². The van der Waals surface area contributed by atoms with Crippen molar-refractivity contribution in [2.24, 2.45) is 0 Å². The van der Waals surface area contributed by atoms with Crippen LogP contribution >= 0.6 is 0 Å². The fraction of sp³-hybridized carbons (Fsp3) is 0.579. The number of anilines is 1. The van der Waals surface area contributed by atoms with Crippen LogP contribution in [0.3, 0.4) is 0 Å². The van der Waals surface area contributed by atoms with Crippen LogP contribution in [0.5, 0.6) is 0 Å². The number of nitrogens with one attached hydrogen (secondary N) is 2. The number of amides is 1. The van der Waals surface area contributed by atoms with Gasteiger partial charge in [0.2, 0.25) is 5.91 Å². The van der Waals surface area contributed by atoms with Crippen molar-refractivity contribution in [3.63, 3.8) is 0 Å². The average Bonchev–Trinajstić information content (AvgIpc) is 2.99. The Morgan fingerprint density at radius 1 is 1.33 bits per heavy atom. The Balaban J connectivity index is 1.72. The topological polar surface area (TPSA) is 61.0 Å². The maximum atomic E-state index is 12.0. The molecule has 2 aromatic rings. The first-order chi connectivity index (χ1) is 11.7. The predicted molar refractivity (Wildman–Crippen MR) is 98.3 cm³/mol. The molecule has 0 bridgehead atoms. The van der Waals surface area contributed by atoms with E-state index >= 15 is 0 Å². The minimum atomic E-state index is 0.0617. The Morgan fingerprint density at radius 2 is 2.12 bits per heavy atom. The predicted octanol–water partition coefficient (Wildman–Crippen LogP) is 3.89. The Morgan fingerprint density at radius 3 is 2.88 bits per heavy atom. The molecule has 1 fully saturated rings. The standard InChI is InChI=1S/C19H28N4O/c1-3-4-5-6-18(24)21-17-8-7-16-19(22-17)15(13-20-16)14-9-11-23(2)12-10-14/h7-8,13-14,20H,3-6,9-12H2,1-2H3,(H,21,22,24). The van der Waals surface area contributed by atoms with E-state index in [0.29, 0.717) is 18.2 Å². The summed E-state index contributed by atoms with van der Waals surface area (Å²) in [5, 5.41) is 2.95. The number of unbranched alkanes of at least 4 members (excludes halogenated alkanes) is 2. The van der Waals surface area contributed by atoms with Crippen LogP contribution in [-0.4, -0.2) is 40.9 Å². The summed E-state index contributed by atoms with van der Waals surface area (Å²) >= 11 is 0. The van der Waals surface area contributed by atoms with Gasteiger partial charge in [-0.15, -0.1) is 0 Å². The van der Waals surface area contributed by atoms with Crippen molar-refractivity contribution in [1.82, 2.24) is 14.9 Å². The third kappa shape index (κ3) is 3.96. The van der Waals surface area contributed by atoms with Crippen molar-refractivity contribution in [2.45, 2.75) is 51.4 Å². The van der Waals surface area contributed by atoms with E-state index in [1.54, 1.807) is 0 Å². The summed E-state index contributed by atoms with van der Waals surface area (Å²) in [6.45, 7) is 4.40. The molecule has 0 radical (unpaired) electrons.